The van der Waals surface area contributed by atoms with Gasteiger partial charge in [0.25, 0.3) is 0 Å². The number of fused-ring (bicyclic) bond motifs is 1. The number of rotatable bonds is 2. The molecule has 1 aromatic carbocycles. The summed E-state index contributed by atoms with van der Waals surface area (Å²) in [4.78, 5) is 16.8. The molecule has 0 bridgehead atoms. The van der Waals surface area contributed by atoms with E-state index in [0.717, 1.165) is 19.3 Å². The van der Waals surface area contributed by atoms with Crippen LogP contribution in [0.15, 0.2) is 22.6 Å². The number of hydrogen-bond donors (Lipinski definition) is 1. The third-order valence-electron chi connectivity index (χ3n) is 4.34. The Bertz CT molecular complexity index is 708. The highest BCUT2D eigenvalue weighted by atomic mass is 35.5. The average molecular weight is 321 g/mol. The first-order valence-electron chi connectivity index (χ1n) is 7.69. The van der Waals surface area contributed by atoms with E-state index in [4.69, 9.17) is 16.0 Å². The molecule has 22 heavy (non-hydrogen) atoms. The number of amides is 1. The fourth-order valence-corrected chi connectivity index (χ4v) is 3.87. The molecule has 1 amide bonds. The molecule has 3 rings (SSSR count). The van der Waals surface area contributed by atoms with Crippen LogP contribution in [-0.4, -0.2) is 10.9 Å². The summed E-state index contributed by atoms with van der Waals surface area (Å²) in [5.74, 6) is 0.566. The summed E-state index contributed by atoms with van der Waals surface area (Å²) in [7, 11) is 0. The molecule has 5 heteroatoms. The van der Waals surface area contributed by atoms with Gasteiger partial charge in [-0.3, -0.25) is 10.1 Å². The van der Waals surface area contributed by atoms with Gasteiger partial charge in [0.1, 0.15) is 5.52 Å². The number of halogens is 1. The monoisotopic (exact) mass is 320 g/mol. The molecular formula is C17H21ClN2O2. The maximum Gasteiger partial charge on any atom is 0.302 e. The number of anilines is 1. The minimum absolute atomic E-state index is 0.00252. The third kappa shape index (κ3) is 3.27. The van der Waals surface area contributed by atoms with Gasteiger partial charge in [-0.15, -0.1) is 0 Å². The van der Waals surface area contributed by atoms with Gasteiger partial charge in [0, 0.05) is 10.9 Å². The molecule has 1 N–H and O–H groups in total. The predicted octanol–water partition coefficient (Wildman–Crippen LogP) is 4.88. The largest absolute Gasteiger partial charge is 0.423 e. The van der Waals surface area contributed by atoms with Crippen molar-refractivity contribution < 1.29 is 9.21 Å². The molecule has 2 unspecified atom stereocenters. The standard InChI is InChI=1S/C17H21ClN2O2/c1-10-6-11(9-17(2,3)8-10)15(21)20-16-19-13-7-12(18)4-5-14(13)22-16/h4-5,7,10-11H,6,8-9H2,1-3H3,(H,19,20,21). The van der Waals surface area contributed by atoms with Crippen molar-refractivity contribution in [2.24, 2.45) is 17.3 Å². The van der Waals surface area contributed by atoms with Crippen molar-refractivity contribution in [2.75, 3.05) is 5.32 Å². The average Bonchev–Trinajstić information content (AvgIpc) is 2.77. The molecule has 4 nitrogen and oxygen atoms in total. The minimum Gasteiger partial charge on any atom is -0.423 e. The lowest BCUT2D eigenvalue weighted by Gasteiger charge is -2.38. The molecule has 0 saturated heterocycles. The molecule has 0 aliphatic heterocycles. The smallest absolute Gasteiger partial charge is 0.302 e. The Kier molecular flexibility index (Phi) is 3.89. The van der Waals surface area contributed by atoms with Crippen LogP contribution in [0.4, 0.5) is 6.01 Å². The van der Waals surface area contributed by atoms with E-state index in [2.05, 4.69) is 31.1 Å². The minimum atomic E-state index is -0.00252. The highest BCUT2D eigenvalue weighted by Gasteiger charge is 2.35. The fraction of sp³-hybridized carbons (Fsp3) is 0.529. The van der Waals surface area contributed by atoms with Crippen molar-refractivity contribution in [1.29, 1.82) is 0 Å². The lowest BCUT2D eigenvalue weighted by Crippen LogP contribution is -2.34. The molecule has 1 aliphatic carbocycles. The van der Waals surface area contributed by atoms with Crippen LogP contribution in [0.25, 0.3) is 11.1 Å². The number of benzene rings is 1. The zero-order chi connectivity index (χ0) is 15.9. The van der Waals surface area contributed by atoms with Crippen molar-refractivity contribution in [3.05, 3.63) is 23.2 Å². The zero-order valence-electron chi connectivity index (χ0n) is 13.1. The Morgan fingerprint density at radius 2 is 2.18 bits per heavy atom. The van der Waals surface area contributed by atoms with Crippen molar-refractivity contribution in [2.45, 2.75) is 40.0 Å². The maximum atomic E-state index is 12.5. The van der Waals surface area contributed by atoms with E-state index in [1.807, 2.05) is 0 Å². The number of oxazole rings is 1. The second kappa shape index (κ2) is 5.58. The van der Waals surface area contributed by atoms with Crippen LogP contribution >= 0.6 is 11.6 Å². The van der Waals surface area contributed by atoms with E-state index in [9.17, 15) is 4.79 Å². The van der Waals surface area contributed by atoms with Crippen molar-refractivity contribution >= 4 is 34.6 Å². The quantitative estimate of drug-likeness (QED) is 0.857. The van der Waals surface area contributed by atoms with Gasteiger partial charge >= 0.3 is 6.01 Å². The normalized spacial score (nSPS) is 24.4. The van der Waals surface area contributed by atoms with Crippen LogP contribution in [0.2, 0.25) is 5.02 Å². The number of hydrogen-bond acceptors (Lipinski definition) is 3. The van der Waals surface area contributed by atoms with Crippen molar-refractivity contribution in [3.63, 3.8) is 0 Å². The van der Waals surface area contributed by atoms with E-state index >= 15 is 0 Å². The maximum absolute atomic E-state index is 12.5. The molecule has 1 saturated carbocycles. The molecule has 2 atom stereocenters. The van der Waals surface area contributed by atoms with Crippen LogP contribution < -0.4 is 5.32 Å². The first kappa shape index (κ1) is 15.3. The van der Waals surface area contributed by atoms with Crippen LogP contribution in [0, 0.1) is 17.3 Å². The summed E-state index contributed by atoms with van der Waals surface area (Å²) in [6, 6.07) is 5.47. The first-order chi connectivity index (χ1) is 10.3. The molecule has 1 heterocycles. The van der Waals surface area contributed by atoms with E-state index in [1.165, 1.54) is 0 Å². The summed E-state index contributed by atoms with van der Waals surface area (Å²) >= 11 is 5.93. The second-order valence-electron chi connectivity index (χ2n) is 7.23. The Hall–Kier alpha value is -1.55. The highest BCUT2D eigenvalue weighted by molar-refractivity contribution is 6.31. The van der Waals surface area contributed by atoms with E-state index in [1.54, 1.807) is 18.2 Å². The van der Waals surface area contributed by atoms with Gasteiger partial charge < -0.3 is 4.42 Å². The molecule has 1 aromatic heterocycles. The van der Waals surface area contributed by atoms with Crippen LogP contribution in [0.3, 0.4) is 0 Å². The summed E-state index contributed by atoms with van der Waals surface area (Å²) in [6.07, 6.45) is 2.98. The van der Waals surface area contributed by atoms with Crippen molar-refractivity contribution in [1.82, 2.24) is 4.98 Å². The third-order valence-corrected chi connectivity index (χ3v) is 4.57. The number of carbonyl (C=O) groups excluding carboxylic acids is 1. The number of nitrogens with one attached hydrogen (secondary N) is 1. The molecule has 0 radical (unpaired) electrons. The summed E-state index contributed by atoms with van der Waals surface area (Å²) < 4.78 is 5.56. The molecule has 1 aliphatic rings. The fourth-order valence-electron chi connectivity index (χ4n) is 3.71. The van der Waals surface area contributed by atoms with E-state index in [-0.39, 0.29) is 23.3 Å². The highest BCUT2D eigenvalue weighted by Crippen LogP contribution is 2.42. The number of aromatic nitrogens is 1. The first-order valence-corrected chi connectivity index (χ1v) is 8.07. The summed E-state index contributed by atoms with van der Waals surface area (Å²) in [6.45, 7) is 6.66. The van der Waals surface area contributed by atoms with Crippen LogP contribution in [0.5, 0.6) is 0 Å². The predicted molar refractivity (Wildman–Crippen MR) is 87.9 cm³/mol. The van der Waals surface area contributed by atoms with Gasteiger partial charge in [-0.2, -0.15) is 4.98 Å². The van der Waals surface area contributed by atoms with Gasteiger partial charge in [-0.05, 0) is 48.8 Å². The molecule has 118 valence electrons. The van der Waals surface area contributed by atoms with Gasteiger partial charge in [0.05, 0.1) is 0 Å². The van der Waals surface area contributed by atoms with Gasteiger partial charge in [0.2, 0.25) is 5.91 Å². The molecular weight excluding hydrogens is 300 g/mol. The van der Waals surface area contributed by atoms with Crippen LogP contribution in [-0.2, 0) is 4.79 Å². The summed E-state index contributed by atoms with van der Waals surface area (Å²) in [5, 5.41) is 3.42. The summed E-state index contributed by atoms with van der Waals surface area (Å²) in [5.41, 5.74) is 1.48. The van der Waals surface area contributed by atoms with Crippen molar-refractivity contribution in [3.8, 4) is 0 Å². The van der Waals surface area contributed by atoms with E-state index in [0.29, 0.717) is 22.0 Å². The Labute approximate surface area is 135 Å². The Balaban J connectivity index is 1.75. The molecule has 1 fully saturated rings. The molecule has 0 spiro atoms. The Morgan fingerprint density at radius 3 is 2.91 bits per heavy atom. The topological polar surface area (TPSA) is 55.1 Å². The number of nitrogens with zero attached hydrogens (tertiary/aromatic N) is 1. The Morgan fingerprint density at radius 1 is 1.41 bits per heavy atom. The van der Waals surface area contributed by atoms with Gasteiger partial charge in [-0.1, -0.05) is 32.4 Å². The number of carbonyl (C=O) groups is 1. The molecule has 2 aromatic rings. The SMILES string of the molecule is CC1CC(C(=O)Nc2nc3cc(Cl)ccc3o2)CC(C)(C)C1. The second-order valence-corrected chi connectivity index (χ2v) is 7.67. The zero-order valence-corrected chi connectivity index (χ0v) is 13.9. The van der Waals surface area contributed by atoms with Crippen LogP contribution in [0.1, 0.15) is 40.0 Å². The lowest BCUT2D eigenvalue weighted by atomic mass is 9.68. The lowest BCUT2D eigenvalue weighted by molar-refractivity contribution is -0.122. The van der Waals surface area contributed by atoms with E-state index < -0.39 is 0 Å². The van der Waals surface area contributed by atoms with Gasteiger partial charge in [0.15, 0.2) is 5.58 Å². The van der Waals surface area contributed by atoms with Gasteiger partial charge in [-0.25, -0.2) is 0 Å².